The van der Waals surface area contributed by atoms with Crippen molar-refractivity contribution in [2.75, 3.05) is 26.7 Å². The molecule has 9 heteroatoms. The summed E-state index contributed by atoms with van der Waals surface area (Å²) >= 11 is 0. The number of amides is 1. The minimum atomic E-state index is -3.59. The molecule has 1 amide bonds. The molecule has 1 aromatic heterocycles. The number of H-pyrrole nitrogens is 1. The molecule has 2 heterocycles. The van der Waals surface area contributed by atoms with Gasteiger partial charge in [0.2, 0.25) is 10.0 Å². The molecule has 2 N–H and O–H groups in total. The van der Waals surface area contributed by atoms with Gasteiger partial charge >= 0.3 is 5.97 Å². The molecule has 8 nitrogen and oxygen atoms in total. The molecule has 0 unspecified atom stereocenters. The Morgan fingerprint density at radius 2 is 2.00 bits per heavy atom. The first-order chi connectivity index (χ1) is 9.82. The average molecular weight is 315 g/mol. The Kier molecular flexibility index (Phi) is 4.33. The number of carboxylic acid groups (broad SMARTS) is 1. The molecule has 0 atom stereocenters. The highest BCUT2D eigenvalue weighted by atomic mass is 32.2. The van der Waals surface area contributed by atoms with Crippen LogP contribution in [-0.4, -0.2) is 66.3 Å². The minimum absolute atomic E-state index is 0.0245. The summed E-state index contributed by atoms with van der Waals surface area (Å²) in [4.78, 5) is 26.2. The second kappa shape index (κ2) is 5.86. The molecule has 0 aromatic carbocycles. The summed E-state index contributed by atoms with van der Waals surface area (Å²) in [7, 11) is -2.25. The van der Waals surface area contributed by atoms with Crippen molar-refractivity contribution >= 4 is 21.9 Å². The van der Waals surface area contributed by atoms with Crippen molar-refractivity contribution < 1.29 is 23.1 Å². The van der Waals surface area contributed by atoms with Crippen molar-refractivity contribution in [1.29, 1.82) is 0 Å². The minimum Gasteiger partial charge on any atom is -0.480 e. The van der Waals surface area contributed by atoms with E-state index in [2.05, 4.69) is 4.98 Å². The number of aromatic nitrogens is 1. The number of carbonyl (C=O) groups excluding carboxylic acids is 1. The number of carbonyl (C=O) groups is 2. The summed E-state index contributed by atoms with van der Waals surface area (Å²) < 4.78 is 26.0. The van der Waals surface area contributed by atoms with Crippen LogP contribution in [0.1, 0.15) is 23.3 Å². The third-order valence-electron chi connectivity index (χ3n) is 3.31. The second-order valence-corrected chi connectivity index (χ2v) is 6.85. The lowest BCUT2D eigenvalue weighted by atomic mass is 10.4. The van der Waals surface area contributed by atoms with Crippen molar-refractivity contribution in [3.05, 3.63) is 18.0 Å². The summed E-state index contributed by atoms with van der Waals surface area (Å²) in [5, 5.41) is 8.65. The quantitative estimate of drug-likeness (QED) is 0.792. The van der Waals surface area contributed by atoms with Gasteiger partial charge in [-0.3, -0.25) is 9.59 Å². The molecular weight excluding hydrogens is 298 g/mol. The molecule has 0 aliphatic carbocycles. The predicted octanol–water partition coefficient (Wildman–Crippen LogP) is -0.0442. The summed E-state index contributed by atoms with van der Waals surface area (Å²) in [6.45, 7) is 0.511. The highest BCUT2D eigenvalue weighted by Crippen LogP contribution is 2.21. The molecule has 2 rings (SSSR count). The van der Waals surface area contributed by atoms with Crippen LogP contribution in [0, 0.1) is 0 Å². The number of rotatable bonds is 5. The largest absolute Gasteiger partial charge is 0.480 e. The van der Waals surface area contributed by atoms with Crippen LogP contribution in [0.15, 0.2) is 17.2 Å². The fourth-order valence-electron chi connectivity index (χ4n) is 2.20. The van der Waals surface area contributed by atoms with E-state index >= 15 is 0 Å². The molecule has 1 aromatic rings. The van der Waals surface area contributed by atoms with Crippen molar-refractivity contribution in [3.63, 3.8) is 0 Å². The Morgan fingerprint density at radius 3 is 2.57 bits per heavy atom. The number of aliphatic carboxylic acids is 1. The van der Waals surface area contributed by atoms with Crippen molar-refractivity contribution in [2.24, 2.45) is 0 Å². The number of carboxylic acids is 1. The van der Waals surface area contributed by atoms with Crippen LogP contribution < -0.4 is 0 Å². The van der Waals surface area contributed by atoms with Gasteiger partial charge in [-0.25, -0.2) is 8.42 Å². The van der Waals surface area contributed by atoms with E-state index in [4.69, 9.17) is 5.11 Å². The van der Waals surface area contributed by atoms with Gasteiger partial charge in [-0.05, 0) is 18.9 Å². The van der Waals surface area contributed by atoms with Gasteiger partial charge in [-0.1, -0.05) is 0 Å². The third-order valence-corrected chi connectivity index (χ3v) is 5.19. The maximum Gasteiger partial charge on any atom is 0.323 e. The first-order valence-electron chi connectivity index (χ1n) is 6.48. The van der Waals surface area contributed by atoms with Gasteiger partial charge in [0.05, 0.1) is 0 Å². The summed E-state index contributed by atoms with van der Waals surface area (Å²) in [6.07, 6.45) is 2.92. The van der Waals surface area contributed by atoms with Crippen LogP contribution in [0.3, 0.4) is 0 Å². The highest BCUT2D eigenvalue weighted by Gasteiger charge is 2.29. The number of sulfonamides is 1. The number of likely N-dealkylation sites (N-methyl/N-ethyl adjacent to an activating group) is 1. The highest BCUT2D eigenvalue weighted by molar-refractivity contribution is 7.89. The van der Waals surface area contributed by atoms with E-state index in [1.165, 1.54) is 23.6 Å². The lowest BCUT2D eigenvalue weighted by Gasteiger charge is -2.14. The normalized spacial score (nSPS) is 16.0. The molecular formula is C12H17N3O5S. The van der Waals surface area contributed by atoms with Gasteiger partial charge in [0, 0.05) is 26.3 Å². The van der Waals surface area contributed by atoms with E-state index in [9.17, 15) is 18.0 Å². The summed E-state index contributed by atoms with van der Waals surface area (Å²) in [5.41, 5.74) is 0.0523. The number of hydrogen-bond acceptors (Lipinski definition) is 4. The molecule has 1 aliphatic rings. The van der Waals surface area contributed by atoms with Crippen LogP contribution in [0.25, 0.3) is 0 Å². The number of nitrogens with one attached hydrogen (secondary N) is 1. The molecule has 0 radical (unpaired) electrons. The molecule has 0 spiro atoms. The molecule has 0 saturated carbocycles. The standard InChI is InChI=1S/C12H17N3O5S/c1-14(8-11(16)17)12(18)10-6-9(7-13-10)21(19,20)15-4-2-3-5-15/h6-7,13H,2-5,8H2,1H3,(H,16,17). The summed E-state index contributed by atoms with van der Waals surface area (Å²) in [6, 6.07) is 1.24. The number of hydrogen-bond donors (Lipinski definition) is 2. The van der Waals surface area contributed by atoms with E-state index in [-0.39, 0.29) is 10.6 Å². The average Bonchev–Trinajstić information content (AvgIpc) is 3.08. The molecule has 1 aliphatic heterocycles. The lowest BCUT2D eigenvalue weighted by molar-refractivity contribution is -0.137. The van der Waals surface area contributed by atoms with Crippen molar-refractivity contribution in [1.82, 2.24) is 14.2 Å². The van der Waals surface area contributed by atoms with Gasteiger partial charge in [0.1, 0.15) is 17.1 Å². The maximum atomic E-state index is 12.3. The van der Waals surface area contributed by atoms with Gasteiger partial charge < -0.3 is 15.0 Å². The van der Waals surface area contributed by atoms with E-state index in [0.29, 0.717) is 13.1 Å². The Labute approximate surface area is 122 Å². The van der Waals surface area contributed by atoms with Crippen molar-refractivity contribution in [3.8, 4) is 0 Å². The number of aromatic amines is 1. The second-order valence-electron chi connectivity index (χ2n) is 4.92. The predicted molar refractivity (Wildman–Crippen MR) is 73.4 cm³/mol. The third kappa shape index (κ3) is 3.24. The lowest BCUT2D eigenvalue weighted by Crippen LogP contribution is -2.32. The fraction of sp³-hybridized carbons (Fsp3) is 0.500. The van der Waals surface area contributed by atoms with Crippen LogP contribution in [0.2, 0.25) is 0 Å². The Hall–Kier alpha value is -1.87. The van der Waals surface area contributed by atoms with Gasteiger partial charge in [-0.15, -0.1) is 0 Å². The van der Waals surface area contributed by atoms with E-state index in [0.717, 1.165) is 17.7 Å². The molecule has 116 valence electrons. The zero-order valence-corrected chi connectivity index (χ0v) is 12.4. The molecule has 0 bridgehead atoms. The zero-order chi connectivity index (χ0) is 15.6. The van der Waals surface area contributed by atoms with Gasteiger partial charge in [0.25, 0.3) is 5.91 Å². The smallest absolute Gasteiger partial charge is 0.323 e. The van der Waals surface area contributed by atoms with Crippen molar-refractivity contribution in [2.45, 2.75) is 17.7 Å². The first kappa shape index (κ1) is 15.5. The van der Waals surface area contributed by atoms with Crippen LogP contribution in [0.4, 0.5) is 0 Å². The van der Waals surface area contributed by atoms with Crippen LogP contribution in [0.5, 0.6) is 0 Å². The maximum absolute atomic E-state index is 12.3. The fourth-order valence-corrected chi connectivity index (χ4v) is 3.72. The topological polar surface area (TPSA) is 111 Å². The van der Waals surface area contributed by atoms with Gasteiger partial charge in [-0.2, -0.15) is 4.31 Å². The Morgan fingerprint density at radius 1 is 1.38 bits per heavy atom. The van der Waals surface area contributed by atoms with Crippen LogP contribution in [-0.2, 0) is 14.8 Å². The van der Waals surface area contributed by atoms with E-state index in [1.807, 2.05) is 0 Å². The van der Waals surface area contributed by atoms with E-state index < -0.39 is 28.4 Å². The first-order valence-corrected chi connectivity index (χ1v) is 7.92. The zero-order valence-electron chi connectivity index (χ0n) is 11.6. The Balaban J connectivity index is 2.17. The SMILES string of the molecule is CN(CC(=O)O)C(=O)c1cc(S(=O)(=O)N2CCCC2)c[nH]1. The molecule has 1 fully saturated rings. The van der Waals surface area contributed by atoms with Crippen LogP contribution >= 0.6 is 0 Å². The molecule has 1 saturated heterocycles. The Bertz CT molecular complexity index is 646. The monoisotopic (exact) mass is 315 g/mol. The summed E-state index contributed by atoms with van der Waals surface area (Å²) in [5.74, 6) is -1.71. The molecule has 21 heavy (non-hydrogen) atoms. The van der Waals surface area contributed by atoms with Gasteiger partial charge in [0.15, 0.2) is 0 Å². The number of nitrogens with zero attached hydrogens (tertiary/aromatic N) is 2. The van der Waals surface area contributed by atoms with E-state index in [1.54, 1.807) is 0 Å².